The Kier molecular flexibility index (Phi) is 6.77. The molecule has 2 atom stereocenters. The van der Waals surface area contributed by atoms with E-state index >= 15 is 0 Å². The van der Waals surface area contributed by atoms with Crippen LogP contribution in [0.1, 0.15) is 26.6 Å². The van der Waals surface area contributed by atoms with E-state index in [2.05, 4.69) is 26.3 Å². The smallest absolute Gasteiger partial charge is 0.274 e. The highest BCUT2D eigenvalue weighted by molar-refractivity contribution is 6.05. The minimum absolute atomic E-state index is 0.198. The van der Waals surface area contributed by atoms with Gasteiger partial charge in [0.1, 0.15) is 11.5 Å². The number of aliphatic hydroxyl groups excluding tert-OH is 1. The number of pyridine rings is 1. The summed E-state index contributed by atoms with van der Waals surface area (Å²) < 4.78 is 56.1. The number of nitriles is 1. The summed E-state index contributed by atoms with van der Waals surface area (Å²) in [7, 11) is -3.10. The molecule has 208 valence electrons. The minimum atomic E-state index is -3.10. The summed E-state index contributed by atoms with van der Waals surface area (Å²) in [6.45, 7) is 0.176. The maximum absolute atomic E-state index is 14.9. The van der Waals surface area contributed by atoms with Crippen molar-refractivity contribution in [2.75, 3.05) is 30.4 Å². The normalized spacial score (nSPS) is 17.7. The van der Waals surface area contributed by atoms with Gasteiger partial charge in [-0.15, -0.1) is 0 Å². The van der Waals surface area contributed by atoms with Gasteiger partial charge in [0, 0.05) is 36.7 Å². The second-order valence-electron chi connectivity index (χ2n) is 9.30. The zero-order valence-electron chi connectivity index (χ0n) is 24.4. The molecule has 1 aliphatic heterocycles. The monoisotopic (exact) mass is 560 g/mol. The third-order valence-electron chi connectivity index (χ3n) is 6.74. The Morgan fingerprint density at radius 3 is 2.88 bits per heavy atom. The van der Waals surface area contributed by atoms with Crippen LogP contribution in [0.5, 0.6) is 5.75 Å². The summed E-state index contributed by atoms with van der Waals surface area (Å²) in [5.41, 5.74) is 7.69. The molecule has 1 fully saturated rings. The Balaban J connectivity index is 1.54. The molecule has 41 heavy (non-hydrogen) atoms. The Bertz CT molecular complexity index is 1770. The van der Waals surface area contributed by atoms with Crippen molar-refractivity contribution in [3.63, 3.8) is 0 Å². The quantitative estimate of drug-likeness (QED) is 0.308. The summed E-state index contributed by atoms with van der Waals surface area (Å²) in [5.74, 6) is -4.37. The Morgan fingerprint density at radius 1 is 1.27 bits per heavy atom. The van der Waals surface area contributed by atoms with Crippen LogP contribution in [-0.4, -0.2) is 58.2 Å². The van der Waals surface area contributed by atoms with E-state index in [-0.39, 0.29) is 24.4 Å². The molecular formula is C29H25F2N7O3. The molecule has 0 aliphatic carbocycles. The van der Waals surface area contributed by atoms with Crippen LogP contribution in [0.3, 0.4) is 0 Å². The first-order valence-corrected chi connectivity index (χ1v) is 12.4. The lowest BCUT2D eigenvalue weighted by molar-refractivity contribution is 0.102. The zero-order valence-corrected chi connectivity index (χ0v) is 21.4. The van der Waals surface area contributed by atoms with E-state index < -0.39 is 41.7 Å². The highest BCUT2D eigenvalue weighted by Crippen LogP contribution is 2.37. The third-order valence-corrected chi connectivity index (χ3v) is 6.74. The van der Waals surface area contributed by atoms with Crippen molar-refractivity contribution in [2.45, 2.75) is 18.5 Å². The van der Waals surface area contributed by atoms with Crippen molar-refractivity contribution in [3.8, 4) is 34.3 Å². The molecule has 0 spiro atoms. The number of anilines is 2. The molecule has 0 radical (unpaired) electrons. The van der Waals surface area contributed by atoms with Gasteiger partial charge < -0.3 is 25.8 Å². The number of hydrogen-bond donors (Lipinski definition) is 3. The average Bonchev–Trinajstić information content (AvgIpc) is 3.39. The number of aromatic nitrogens is 3. The first-order chi connectivity index (χ1) is 21.0. The zero-order chi connectivity index (χ0) is 31.6. The van der Waals surface area contributed by atoms with Crippen LogP contribution >= 0.6 is 0 Å². The first-order valence-electron chi connectivity index (χ1n) is 13.9. The van der Waals surface area contributed by atoms with Gasteiger partial charge in [-0.3, -0.25) is 9.78 Å². The number of methoxy groups -OCH3 is 1. The van der Waals surface area contributed by atoms with Crippen molar-refractivity contribution < 1.29 is 27.5 Å². The van der Waals surface area contributed by atoms with E-state index in [1.807, 2.05) is 4.90 Å². The molecule has 2 aromatic carbocycles. The second-order valence-corrected chi connectivity index (χ2v) is 9.30. The number of benzene rings is 2. The summed E-state index contributed by atoms with van der Waals surface area (Å²) in [6, 6.07) is 10.9. The molecule has 4 aromatic rings. The van der Waals surface area contributed by atoms with E-state index in [9.17, 15) is 23.9 Å². The van der Waals surface area contributed by atoms with Crippen LogP contribution in [0.15, 0.2) is 61.1 Å². The van der Waals surface area contributed by atoms with Crippen LogP contribution in [0.2, 0.25) is 0 Å². The number of halogens is 2. The van der Waals surface area contributed by atoms with E-state index in [0.29, 0.717) is 47.1 Å². The average molecular weight is 561 g/mol. The van der Waals surface area contributed by atoms with Gasteiger partial charge in [0.05, 0.1) is 52.4 Å². The molecule has 4 N–H and O–H groups in total. The number of nitrogens with two attached hydrogens (primary N) is 1. The fourth-order valence-corrected chi connectivity index (χ4v) is 4.82. The lowest BCUT2D eigenvalue weighted by Gasteiger charge is -2.28. The summed E-state index contributed by atoms with van der Waals surface area (Å²) in [5, 5.41) is 22.4. The second kappa shape index (κ2) is 11.6. The Labute approximate surface area is 238 Å². The third kappa shape index (κ3) is 5.41. The van der Waals surface area contributed by atoms with Gasteiger partial charge in [-0.25, -0.2) is 18.7 Å². The van der Waals surface area contributed by atoms with Crippen LogP contribution in [0, 0.1) is 23.0 Å². The number of nitrogens with one attached hydrogen (secondary N) is 1. The SMILES string of the molecule is [2H]C([2H])([2H])Oc1c(F)ccc(F)c1-c1nccc(C(=O)Nc2ccc(-c3cnccc3C#N)cc2N2C[C@@H](N)C[C@H]2CO)n1. The molecule has 10 nitrogen and oxygen atoms in total. The number of nitrogens with zero attached hydrogens (tertiary/aromatic N) is 5. The fourth-order valence-electron chi connectivity index (χ4n) is 4.82. The topological polar surface area (TPSA) is 150 Å². The number of carbonyl (C=O) groups is 1. The maximum atomic E-state index is 14.9. The number of carbonyl (C=O) groups excluding carboxylic acids is 1. The van der Waals surface area contributed by atoms with Crippen LogP contribution < -0.4 is 20.7 Å². The number of hydrogen-bond acceptors (Lipinski definition) is 9. The molecule has 2 aromatic heterocycles. The highest BCUT2D eigenvalue weighted by Gasteiger charge is 2.32. The van der Waals surface area contributed by atoms with Crippen molar-refractivity contribution in [3.05, 3.63) is 83.9 Å². The van der Waals surface area contributed by atoms with Crippen molar-refractivity contribution in [2.24, 2.45) is 5.73 Å². The maximum Gasteiger partial charge on any atom is 0.274 e. The summed E-state index contributed by atoms with van der Waals surface area (Å²) >= 11 is 0. The molecule has 1 saturated heterocycles. The highest BCUT2D eigenvalue weighted by atomic mass is 19.1. The van der Waals surface area contributed by atoms with Crippen LogP contribution in [0.25, 0.3) is 22.5 Å². The molecule has 3 heterocycles. The number of rotatable bonds is 7. The van der Waals surface area contributed by atoms with E-state index in [4.69, 9.17) is 14.6 Å². The summed E-state index contributed by atoms with van der Waals surface area (Å²) in [4.78, 5) is 27.4. The van der Waals surface area contributed by atoms with Gasteiger partial charge in [-0.2, -0.15) is 5.26 Å². The van der Waals surface area contributed by atoms with E-state index in [0.717, 1.165) is 12.3 Å². The predicted molar refractivity (Wildman–Crippen MR) is 147 cm³/mol. The lowest BCUT2D eigenvalue weighted by Crippen LogP contribution is -2.33. The fraction of sp³-hybridized carbons (Fsp3) is 0.207. The number of amides is 1. The standard InChI is InChI=1S/C29H25F2N7O3/c1-41-27-22(31)4-3-21(30)26(27)28-35-9-7-24(36-28)29(40)37-23-5-2-16(20-13-34-8-6-17(20)12-32)10-25(23)38-14-18(33)11-19(38)15-39/h2-10,13,18-19,39H,11,14-15,33H2,1H3,(H,37,40)/t18-,19-/m0/s1/i1D3. The molecule has 0 bridgehead atoms. The Morgan fingerprint density at radius 2 is 2.10 bits per heavy atom. The number of ether oxygens (including phenoxy) is 1. The predicted octanol–water partition coefficient (Wildman–Crippen LogP) is 3.51. The van der Waals surface area contributed by atoms with Crippen molar-refractivity contribution in [1.82, 2.24) is 15.0 Å². The largest absolute Gasteiger partial charge is 0.493 e. The molecular weight excluding hydrogens is 532 g/mol. The molecule has 1 aliphatic rings. The molecule has 12 heteroatoms. The molecule has 1 amide bonds. The van der Waals surface area contributed by atoms with Gasteiger partial charge in [0.15, 0.2) is 17.4 Å². The minimum Gasteiger partial charge on any atom is -0.493 e. The van der Waals surface area contributed by atoms with Gasteiger partial charge in [-0.1, -0.05) is 6.07 Å². The first kappa shape index (κ1) is 23.9. The van der Waals surface area contributed by atoms with Gasteiger partial charge in [0.25, 0.3) is 5.91 Å². The van der Waals surface area contributed by atoms with E-state index in [1.54, 1.807) is 30.5 Å². The van der Waals surface area contributed by atoms with Crippen molar-refractivity contribution >= 4 is 17.3 Å². The van der Waals surface area contributed by atoms with E-state index in [1.165, 1.54) is 12.3 Å². The van der Waals surface area contributed by atoms with Gasteiger partial charge >= 0.3 is 0 Å². The van der Waals surface area contributed by atoms with Crippen molar-refractivity contribution in [1.29, 1.82) is 5.26 Å². The number of aliphatic hydroxyl groups is 1. The Hall–Kier alpha value is -4.99. The van der Waals surface area contributed by atoms with Crippen LogP contribution in [-0.2, 0) is 0 Å². The van der Waals surface area contributed by atoms with Gasteiger partial charge in [-0.05, 0) is 48.4 Å². The summed E-state index contributed by atoms with van der Waals surface area (Å²) in [6.07, 6.45) is 4.69. The molecule has 0 unspecified atom stereocenters. The van der Waals surface area contributed by atoms with Gasteiger partial charge in [0.2, 0.25) is 0 Å². The molecule has 5 rings (SSSR count). The van der Waals surface area contributed by atoms with Crippen LogP contribution in [0.4, 0.5) is 20.2 Å². The lowest BCUT2D eigenvalue weighted by atomic mass is 10.0. The molecule has 0 saturated carbocycles.